The van der Waals surface area contributed by atoms with Crippen molar-refractivity contribution in [1.82, 2.24) is 4.98 Å². The summed E-state index contributed by atoms with van der Waals surface area (Å²) in [5.41, 5.74) is 5.20. The van der Waals surface area contributed by atoms with Crippen LogP contribution < -0.4 is 9.64 Å². The lowest BCUT2D eigenvalue weighted by atomic mass is 10.0. The molecule has 21 heavy (non-hydrogen) atoms. The van der Waals surface area contributed by atoms with Gasteiger partial charge in [-0.25, -0.2) is 4.98 Å². The van der Waals surface area contributed by atoms with Crippen molar-refractivity contribution in [2.24, 2.45) is 0 Å². The third-order valence-electron chi connectivity index (χ3n) is 4.04. The molecule has 0 unspecified atom stereocenters. The van der Waals surface area contributed by atoms with Crippen molar-refractivity contribution in [3.8, 4) is 17.0 Å². The van der Waals surface area contributed by atoms with Crippen molar-refractivity contribution in [2.45, 2.75) is 26.2 Å². The van der Waals surface area contributed by atoms with E-state index < -0.39 is 0 Å². The summed E-state index contributed by atoms with van der Waals surface area (Å²) in [6, 6.07) is 10.8. The Bertz CT molecular complexity index is 607. The Labute approximate surface area is 126 Å². The van der Waals surface area contributed by atoms with Crippen LogP contribution in [0.5, 0.6) is 5.88 Å². The van der Waals surface area contributed by atoms with E-state index in [-0.39, 0.29) is 0 Å². The van der Waals surface area contributed by atoms with Gasteiger partial charge in [-0.3, -0.25) is 0 Å². The molecule has 0 saturated heterocycles. The van der Waals surface area contributed by atoms with Gasteiger partial charge in [0.25, 0.3) is 0 Å². The lowest BCUT2D eigenvalue weighted by molar-refractivity contribution is 0.327. The van der Waals surface area contributed by atoms with E-state index in [1.54, 1.807) is 0 Å². The summed E-state index contributed by atoms with van der Waals surface area (Å²) in [6.45, 7) is 3.77. The minimum absolute atomic E-state index is 0.650. The van der Waals surface area contributed by atoms with Crippen LogP contribution in [0.2, 0.25) is 0 Å². The number of nitrogens with zero attached hydrogens (tertiary/aromatic N) is 2. The van der Waals surface area contributed by atoms with Gasteiger partial charge in [-0.2, -0.15) is 0 Å². The molecular weight excluding hydrogens is 260 g/mol. The van der Waals surface area contributed by atoms with Gasteiger partial charge in [0.05, 0.1) is 6.61 Å². The first-order valence-electron chi connectivity index (χ1n) is 7.71. The van der Waals surface area contributed by atoms with Crippen LogP contribution in [0.15, 0.2) is 36.5 Å². The Morgan fingerprint density at radius 1 is 1.14 bits per heavy atom. The normalized spacial score (nSPS) is 14.5. The topological polar surface area (TPSA) is 25.4 Å². The molecule has 2 aromatic rings. The van der Waals surface area contributed by atoms with E-state index >= 15 is 0 Å². The second-order valence-electron chi connectivity index (χ2n) is 5.54. The van der Waals surface area contributed by atoms with Crippen LogP contribution in [0.25, 0.3) is 11.1 Å². The van der Waals surface area contributed by atoms with Crippen molar-refractivity contribution in [3.63, 3.8) is 0 Å². The molecule has 0 fully saturated rings. The van der Waals surface area contributed by atoms with Crippen LogP contribution in [0.1, 0.15) is 25.3 Å². The van der Waals surface area contributed by atoms with Crippen LogP contribution in [-0.2, 0) is 6.42 Å². The van der Waals surface area contributed by atoms with E-state index in [0.29, 0.717) is 12.5 Å². The zero-order valence-corrected chi connectivity index (χ0v) is 12.8. The molecule has 1 aromatic heterocycles. The molecule has 1 aromatic carbocycles. The second kappa shape index (κ2) is 6.17. The number of hydrogen-bond donors (Lipinski definition) is 0. The number of aromatic nitrogens is 1. The highest BCUT2D eigenvalue weighted by Gasteiger charge is 2.13. The van der Waals surface area contributed by atoms with Gasteiger partial charge in [-0.15, -0.1) is 0 Å². The number of benzene rings is 1. The molecule has 3 nitrogen and oxygen atoms in total. The predicted molar refractivity (Wildman–Crippen MR) is 87.1 cm³/mol. The largest absolute Gasteiger partial charge is 0.478 e. The monoisotopic (exact) mass is 282 g/mol. The molecule has 0 radical (unpaired) electrons. The third-order valence-corrected chi connectivity index (χ3v) is 4.04. The Morgan fingerprint density at radius 2 is 2.00 bits per heavy atom. The molecule has 110 valence electrons. The standard InChI is InChI=1S/C18H22N2O/c1-3-21-18-10-8-16(13-19-18)14-7-9-17-15(12-14)6-4-5-11-20(17)2/h7-10,12-13H,3-6,11H2,1-2H3. The molecule has 0 atom stereocenters. The summed E-state index contributed by atoms with van der Waals surface area (Å²) < 4.78 is 5.40. The van der Waals surface area contributed by atoms with Crippen molar-refractivity contribution < 1.29 is 4.74 Å². The van der Waals surface area contributed by atoms with Gasteiger partial charge in [-0.1, -0.05) is 6.07 Å². The van der Waals surface area contributed by atoms with Gasteiger partial charge in [0.15, 0.2) is 0 Å². The molecule has 2 heterocycles. The number of anilines is 1. The van der Waals surface area contributed by atoms with Crippen molar-refractivity contribution in [3.05, 3.63) is 42.1 Å². The Hall–Kier alpha value is -2.03. The maximum Gasteiger partial charge on any atom is 0.213 e. The molecule has 1 aliphatic heterocycles. The third kappa shape index (κ3) is 3.02. The first-order valence-corrected chi connectivity index (χ1v) is 7.71. The first-order chi connectivity index (χ1) is 10.3. The smallest absolute Gasteiger partial charge is 0.213 e. The summed E-state index contributed by atoms with van der Waals surface area (Å²) in [4.78, 5) is 6.72. The maximum atomic E-state index is 5.40. The maximum absolute atomic E-state index is 5.40. The van der Waals surface area contributed by atoms with Gasteiger partial charge in [-0.05, 0) is 55.5 Å². The molecule has 0 aliphatic carbocycles. The van der Waals surface area contributed by atoms with Crippen LogP contribution in [0.4, 0.5) is 5.69 Å². The predicted octanol–water partition coefficient (Wildman–Crippen LogP) is 3.92. The molecule has 0 N–H and O–H groups in total. The molecule has 3 heteroatoms. The van der Waals surface area contributed by atoms with E-state index in [0.717, 1.165) is 18.5 Å². The molecule has 3 rings (SSSR count). The van der Waals surface area contributed by atoms with E-state index in [1.807, 2.05) is 19.2 Å². The van der Waals surface area contributed by atoms with Crippen molar-refractivity contribution in [1.29, 1.82) is 0 Å². The van der Waals surface area contributed by atoms with E-state index in [1.165, 1.54) is 29.7 Å². The summed E-state index contributed by atoms with van der Waals surface area (Å²) in [7, 11) is 2.18. The average molecular weight is 282 g/mol. The van der Waals surface area contributed by atoms with Gasteiger partial charge < -0.3 is 9.64 Å². The summed E-state index contributed by atoms with van der Waals surface area (Å²) in [5, 5.41) is 0. The second-order valence-corrected chi connectivity index (χ2v) is 5.54. The summed E-state index contributed by atoms with van der Waals surface area (Å²) >= 11 is 0. The first kappa shape index (κ1) is 13.9. The van der Waals surface area contributed by atoms with Gasteiger partial charge in [0, 0.05) is 37.1 Å². The Kier molecular flexibility index (Phi) is 4.09. The number of hydrogen-bond acceptors (Lipinski definition) is 3. The highest BCUT2D eigenvalue weighted by molar-refractivity contribution is 5.69. The number of fused-ring (bicyclic) bond motifs is 1. The fourth-order valence-electron chi connectivity index (χ4n) is 2.91. The molecular formula is C18H22N2O. The van der Waals surface area contributed by atoms with Crippen LogP contribution >= 0.6 is 0 Å². The van der Waals surface area contributed by atoms with E-state index in [2.05, 4.69) is 41.2 Å². The zero-order chi connectivity index (χ0) is 14.7. The molecule has 0 bridgehead atoms. The quantitative estimate of drug-likeness (QED) is 0.853. The number of aryl methyl sites for hydroxylation is 1. The summed E-state index contributed by atoms with van der Waals surface area (Å²) in [6.07, 6.45) is 5.60. The lowest BCUT2D eigenvalue weighted by Crippen LogP contribution is -2.17. The highest BCUT2D eigenvalue weighted by Crippen LogP contribution is 2.30. The molecule has 0 saturated carbocycles. The average Bonchev–Trinajstić information content (AvgIpc) is 2.70. The van der Waals surface area contributed by atoms with Gasteiger partial charge in [0.2, 0.25) is 5.88 Å². The highest BCUT2D eigenvalue weighted by atomic mass is 16.5. The van der Waals surface area contributed by atoms with Gasteiger partial charge in [0.1, 0.15) is 0 Å². The minimum atomic E-state index is 0.650. The number of pyridine rings is 1. The molecule has 0 spiro atoms. The van der Waals surface area contributed by atoms with Crippen LogP contribution in [0.3, 0.4) is 0 Å². The SMILES string of the molecule is CCOc1ccc(-c2ccc3c(c2)CCCCN3C)cn1. The van der Waals surface area contributed by atoms with Crippen molar-refractivity contribution >= 4 is 5.69 Å². The Balaban J connectivity index is 1.90. The molecule has 0 amide bonds. The van der Waals surface area contributed by atoms with E-state index in [9.17, 15) is 0 Å². The number of rotatable bonds is 3. The Morgan fingerprint density at radius 3 is 2.76 bits per heavy atom. The minimum Gasteiger partial charge on any atom is -0.478 e. The van der Waals surface area contributed by atoms with Crippen molar-refractivity contribution in [2.75, 3.05) is 25.1 Å². The van der Waals surface area contributed by atoms with Crippen LogP contribution in [-0.4, -0.2) is 25.2 Å². The lowest BCUT2D eigenvalue weighted by Gasteiger charge is -2.19. The van der Waals surface area contributed by atoms with Gasteiger partial charge >= 0.3 is 0 Å². The fraction of sp³-hybridized carbons (Fsp3) is 0.389. The van der Waals surface area contributed by atoms with E-state index in [4.69, 9.17) is 4.74 Å². The summed E-state index contributed by atoms with van der Waals surface area (Å²) in [5.74, 6) is 0.691. The fourth-order valence-corrected chi connectivity index (χ4v) is 2.91. The van der Waals surface area contributed by atoms with Crippen LogP contribution in [0, 0.1) is 0 Å². The number of ether oxygens (including phenoxy) is 1. The molecule has 1 aliphatic rings. The zero-order valence-electron chi connectivity index (χ0n) is 12.8.